The third-order valence-corrected chi connectivity index (χ3v) is 6.46. The van der Waals surface area contributed by atoms with Crippen molar-refractivity contribution in [2.45, 2.75) is 57.5 Å². The van der Waals surface area contributed by atoms with Crippen molar-refractivity contribution in [3.63, 3.8) is 0 Å². The van der Waals surface area contributed by atoms with Gasteiger partial charge in [-0.2, -0.15) is 0 Å². The molecule has 2 fully saturated rings. The predicted molar refractivity (Wildman–Crippen MR) is 144 cm³/mol. The van der Waals surface area contributed by atoms with Crippen LogP contribution in [0.4, 0.5) is 0 Å². The van der Waals surface area contributed by atoms with E-state index in [2.05, 4.69) is 28.3 Å². The van der Waals surface area contributed by atoms with Crippen LogP contribution in [-0.2, 0) is 17.8 Å². The number of amides is 1. The lowest BCUT2D eigenvalue weighted by Crippen LogP contribution is -2.45. The number of rotatable bonds is 8. The SMILES string of the molecule is C=CCc1cc(CNC(=NC)NC2CCN(C(=O)C3CCCCC3)C2)cc(OC)c1OC.I. The molecular weight excluding hydrogens is 531 g/mol. The van der Waals surface area contributed by atoms with Gasteiger partial charge in [-0.1, -0.05) is 25.3 Å². The minimum Gasteiger partial charge on any atom is -0.493 e. The van der Waals surface area contributed by atoms with Crippen molar-refractivity contribution in [3.05, 3.63) is 35.9 Å². The first-order chi connectivity index (χ1) is 15.6. The number of halogens is 1. The van der Waals surface area contributed by atoms with E-state index in [0.717, 1.165) is 55.2 Å². The molecule has 1 aromatic rings. The van der Waals surface area contributed by atoms with Crippen LogP contribution in [0.25, 0.3) is 0 Å². The first kappa shape index (κ1) is 27.3. The number of carbonyl (C=O) groups excluding carboxylic acids is 1. The van der Waals surface area contributed by atoms with Crippen molar-refractivity contribution in [2.75, 3.05) is 34.4 Å². The first-order valence-corrected chi connectivity index (χ1v) is 11.7. The standard InChI is InChI=1S/C25H38N4O3.HI/c1-5-9-20-14-18(15-22(31-3)23(20)32-4)16-27-25(26-2)28-21-12-13-29(17-21)24(30)19-10-7-6-8-11-19;/h5,14-15,19,21H,1,6-13,16-17H2,2-4H3,(H2,26,27,28);1H. The van der Waals surface area contributed by atoms with E-state index in [1.807, 2.05) is 17.0 Å². The smallest absolute Gasteiger partial charge is 0.225 e. The molecule has 7 nitrogen and oxygen atoms in total. The molecule has 33 heavy (non-hydrogen) atoms. The van der Waals surface area contributed by atoms with Crippen molar-refractivity contribution in [3.8, 4) is 11.5 Å². The fourth-order valence-corrected chi connectivity index (χ4v) is 4.78. The van der Waals surface area contributed by atoms with Crippen molar-refractivity contribution in [1.29, 1.82) is 0 Å². The average Bonchev–Trinajstić information content (AvgIpc) is 3.30. The van der Waals surface area contributed by atoms with Crippen molar-refractivity contribution in [2.24, 2.45) is 10.9 Å². The zero-order valence-electron chi connectivity index (χ0n) is 20.2. The maximum atomic E-state index is 12.8. The van der Waals surface area contributed by atoms with Crippen LogP contribution < -0.4 is 20.1 Å². The van der Waals surface area contributed by atoms with Crippen LogP contribution in [0.2, 0.25) is 0 Å². The second kappa shape index (κ2) is 13.7. The van der Waals surface area contributed by atoms with Gasteiger partial charge in [0.15, 0.2) is 17.5 Å². The summed E-state index contributed by atoms with van der Waals surface area (Å²) in [6, 6.07) is 4.30. The second-order valence-corrected chi connectivity index (χ2v) is 8.66. The average molecular weight is 571 g/mol. The highest BCUT2D eigenvalue weighted by atomic mass is 127. The fraction of sp³-hybridized carbons (Fsp3) is 0.600. The quantitative estimate of drug-likeness (QED) is 0.215. The molecule has 3 rings (SSSR count). The third-order valence-electron chi connectivity index (χ3n) is 6.46. The van der Waals surface area contributed by atoms with E-state index in [9.17, 15) is 4.79 Å². The zero-order chi connectivity index (χ0) is 22.9. The molecule has 8 heteroatoms. The van der Waals surface area contributed by atoms with Gasteiger partial charge in [0.1, 0.15) is 0 Å². The lowest BCUT2D eigenvalue weighted by molar-refractivity contribution is -0.135. The lowest BCUT2D eigenvalue weighted by atomic mass is 9.88. The molecule has 0 aromatic heterocycles. The molecule has 0 bridgehead atoms. The summed E-state index contributed by atoms with van der Waals surface area (Å²) in [5.41, 5.74) is 2.11. The van der Waals surface area contributed by atoms with E-state index in [1.54, 1.807) is 21.3 Å². The molecule has 1 saturated carbocycles. The number of likely N-dealkylation sites (tertiary alicyclic amines) is 1. The van der Waals surface area contributed by atoms with Gasteiger partial charge in [0.2, 0.25) is 5.91 Å². The van der Waals surface area contributed by atoms with E-state index in [0.29, 0.717) is 24.6 Å². The summed E-state index contributed by atoms with van der Waals surface area (Å²) in [5, 5.41) is 6.88. The minimum atomic E-state index is 0. The van der Waals surface area contributed by atoms with E-state index < -0.39 is 0 Å². The van der Waals surface area contributed by atoms with Crippen molar-refractivity contribution in [1.82, 2.24) is 15.5 Å². The Kier molecular flexibility index (Phi) is 11.3. The molecule has 0 spiro atoms. The maximum absolute atomic E-state index is 12.8. The number of allylic oxidation sites excluding steroid dienone is 1. The summed E-state index contributed by atoms with van der Waals surface area (Å²) in [5.74, 6) is 2.76. The predicted octanol–water partition coefficient (Wildman–Crippen LogP) is 3.90. The third kappa shape index (κ3) is 7.25. The molecular formula is C25H39IN4O3. The number of guanidine groups is 1. The molecule has 1 heterocycles. The monoisotopic (exact) mass is 570 g/mol. The van der Waals surface area contributed by atoms with E-state index in [4.69, 9.17) is 9.47 Å². The van der Waals surface area contributed by atoms with Gasteiger partial charge in [0, 0.05) is 44.2 Å². The highest BCUT2D eigenvalue weighted by molar-refractivity contribution is 14.0. The molecule has 1 aliphatic carbocycles. The van der Waals surface area contributed by atoms with Crippen molar-refractivity contribution >= 4 is 35.8 Å². The van der Waals surface area contributed by atoms with Crippen LogP contribution in [0.3, 0.4) is 0 Å². The van der Waals surface area contributed by atoms with Gasteiger partial charge in [0.05, 0.1) is 14.2 Å². The molecule has 1 amide bonds. The lowest BCUT2D eigenvalue weighted by Gasteiger charge is -2.26. The number of methoxy groups -OCH3 is 2. The Bertz CT molecular complexity index is 824. The van der Waals surface area contributed by atoms with E-state index >= 15 is 0 Å². The fourth-order valence-electron chi connectivity index (χ4n) is 4.78. The first-order valence-electron chi connectivity index (χ1n) is 11.7. The van der Waals surface area contributed by atoms with Gasteiger partial charge in [-0.05, 0) is 43.4 Å². The molecule has 0 radical (unpaired) electrons. The van der Waals surface area contributed by atoms with Crippen LogP contribution in [0.15, 0.2) is 29.8 Å². The number of ether oxygens (including phenoxy) is 2. The maximum Gasteiger partial charge on any atom is 0.225 e. The molecule has 1 atom stereocenters. The van der Waals surface area contributed by atoms with Crippen molar-refractivity contribution < 1.29 is 14.3 Å². The number of aliphatic imine (C=N–C) groups is 1. The Labute approximate surface area is 215 Å². The zero-order valence-corrected chi connectivity index (χ0v) is 22.5. The number of nitrogens with zero attached hydrogens (tertiary/aromatic N) is 2. The van der Waals surface area contributed by atoms with Gasteiger partial charge in [-0.3, -0.25) is 9.79 Å². The number of carbonyl (C=O) groups is 1. The van der Waals surface area contributed by atoms with Crippen LogP contribution >= 0.6 is 24.0 Å². The Morgan fingerprint density at radius 2 is 1.97 bits per heavy atom. The molecule has 1 aromatic carbocycles. The van der Waals surface area contributed by atoms with Gasteiger partial charge in [-0.25, -0.2) is 0 Å². The highest BCUT2D eigenvalue weighted by Crippen LogP contribution is 2.33. The van der Waals surface area contributed by atoms with Gasteiger partial charge in [-0.15, -0.1) is 30.6 Å². The summed E-state index contributed by atoms with van der Waals surface area (Å²) in [7, 11) is 5.07. The summed E-state index contributed by atoms with van der Waals surface area (Å²) >= 11 is 0. The number of nitrogens with one attached hydrogen (secondary N) is 2. The molecule has 1 saturated heterocycles. The largest absolute Gasteiger partial charge is 0.493 e. The summed E-state index contributed by atoms with van der Waals surface area (Å²) in [6.45, 7) is 6.01. The van der Waals surface area contributed by atoms with Gasteiger partial charge in [0.25, 0.3) is 0 Å². The van der Waals surface area contributed by atoms with Gasteiger partial charge >= 0.3 is 0 Å². The van der Waals surface area contributed by atoms with Crippen LogP contribution in [0.1, 0.15) is 49.7 Å². The molecule has 2 N–H and O–H groups in total. The summed E-state index contributed by atoms with van der Waals surface area (Å²) < 4.78 is 11.0. The second-order valence-electron chi connectivity index (χ2n) is 8.66. The minimum absolute atomic E-state index is 0. The Morgan fingerprint density at radius 1 is 1.21 bits per heavy atom. The summed E-state index contributed by atoms with van der Waals surface area (Å²) in [6.07, 6.45) is 9.25. The Hall–Kier alpha value is -1.97. The van der Waals surface area contributed by atoms with E-state index in [-0.39, 0.29) is 35.9 Å². The number of hydrogen-bond acceptors (Lipinski definition) is 4. The molecule has 1 unspecified atom stereocenters. The number of hydrogen-bond donors (Lipinski definition) is 2. The van der Waals surface area contributed by atoms with Crippen LogP contribution in [0, 0.1) is 5.92 Å². The molecule has 184 valence electrons. The normalized spacial score (nSPS) is 18.9. The number of benzene rings is 1. The van der Waals surface area contributed by atoms with Crippen LogP contribution in [-0.4, -0.2) is 57.2 Å². The summed E-state index contributed by atoms with van der Waals surface area (Å²) in [4.78, 5) is 19.3. The topological polar surface area (TPSA) is 75.2 Å². The Balaban J connectivity index is 0.00000385. The molecule has 2 aliphatic rings. The highest BCUT2D eigenvalue weighted by Gasteiger charge is 2.31. The van der Waals surface area contributed by atoms with Crippen LogP contribution in [0.5, 0.6) is 11.5 Å². The Morgan fingerprint density at radius 3 is 2.61 bits per heavy atom. The van der Waals surface area contributed by atoms with Gasteiger partial charge < -0.3 is 25.0 Å². The van der Waals surface area contributed by atoms with E-state index in [1.165, 1.54) is 19.3 Å². The molecule has 1 aliphatic heterocycles.